The molecule has 1 unspecified atom stereocenters. The maximum Gasteiger partial charge on any atom is 0 e. The SMILES string of the molecule is C=[S](N)(=[V])c1ccccc1.[HH]. The van der Waals surface area contributed by atoms with Gasteiger partial charge in [0, 0.05) is 1.43 Å². The third-order valence-electron chi connectivity index (χ3n) is 1.15. The first-order chi connectivity index (χ1) is 4.61. The summed E-state index contributed by atoms with van der Waals surface area (Å²) in [5, 5.41) is 5.80. The summed E-state index contributed by atoms with van der Waals surface area (Å²) in [6, 6.07) is 9.92. The Kier molecular flexibility index (Phi) is 2.37. The maximum absolute atomic E-state index is 5.80. The fourth-order valence-electron chi connectivity index (χ4n) is 0.656. The molecule has 1 atom stereocenters. The molecule has 0 aromatic heterocycles. The van der Waals surface area contributed by atoms with Crippen LogP contribution in [0.1, 0.15) is 1.43 Å². The zero-order valence-corrected chi connectivity index (χ0v) is 7.74. The van der Waals surface area contributed by atoms with Crippen molar-refractivity contribution in [2.24, 2.45) is 5.14 Å². The van der Waals surface area contributed by atoms with Crippen molar-refractivity contribution in [2.45, 2.75) is 4.90 Å². The zero-order chi connectivity index (χ0) is 7.61. The average Bonchev–Trinajstić information content (AvgIpc) is 1.88. The topological polar surface area (TPSA) is 26.0 Å². The number of hydrogen-bond acceptors (Lipinski definition) is 1. The van der Waals surface area contributed by atoms with Crippen LogP contribution in [0, 0.1) is 0 Å². The molecule has 0 aliphatic rings. The third-order valence-corrected chi connectivity index (χ3v) is 3.23. The summed E-state index contributed by atoms with van der Waals surface area (Å²) >= 11 is 2.43. The van der Waals surface area contributed by atoms with Crippen LogP contribution in [-0.4, -0.2) is 5.87 Å². The second-order valence-corrected chi connectivity index (χ2v) is 7.10. The van der Waals surface area contributed by atoms with Crippen LogP contribution in [0.4, 0.5) is 0 Å². The van der Waals surface area contributed by atoms with Crippen molar-refractivity contribution in [1.82, 2.24) is 0 Å². The van der Waals surface area contributed by atoms with E-state index in [0.717, 1.165) is 4.90 Å². The largest absolute Gasteiger partial charge is 0 e. The van der Waals surface area contributed by atoms with Crippen molar-refractivity contribution in [3.8, 4) is 0 Å². The monoisotopic (exact) mass is 192 g/mol. The first kappa shape index (κ1) is 8.08. The fraction of sp³-hybridized carbons (Fsp3) is 0. The molecule has 10 heavy (non-hydrogen) atoms. The molecule has 1 rings (SSSR count). The summed E-state index contributed by atoms with van der Waals surface area (Å²) in [7, 11) is -1.32. The van der Waals surface area contributed by atoms with Gasteiger partial charge in [-0.15, -0.1) is 0 Å². The van der Waals surface area contributed by atoms with Gasteiger partial charge in [0.1, 0.15) is 0 Å². The molecule has 0 amide bonds. The van der Waals surface area contributed by atoms with Gasteiger partial charge in [-0.1, -0.05) is 0 Å². The summed E-state index contributed by atoms with van der Waals surface area (Å²) in [5.41, 5.74) is 0. The molecule has 55 valence electrons. The average molecular weight is 192 g/mol. The normalized spacial score (nSPS) is 16.0. The van der Waals surface area contributed by atoms with Crippen LogP contribution < -0.4 is 5.14 Å². The summed E-state index contributed by atoms with van der Waals surface area (Å²) in [4.78, 5) is 1.12. The number of rotatable bonds is 1. The number of nitrogens with two attached hydrogens (primary N) is 1. The fourth-order valence-corrected chi connectivity index (χ4v) is 1.85. The van der Waals surface area contributed by atoms with Crippen LogP contribution in [0.15, 0.2) is 35.2 Å². The van der Waals surface area contributed by atoms with Crippen molar-refractivity contribution in [3.63, 3.8) is 0 Å². The van der Waals surface area contributed by atoms with Gasteiger partial charge in [0.15, 0.2) is 0 Å². The molecule has 2 N–H and O–H groups in total. The van der Waals surface area contributed by atoms with E-state index in [4.69, 9.17) is 5.14 Å². The van der Waals surface area contributed by atoms with Gasteiger partial charge in [-0.3, -0.25) is 0 Å². The zero-order valence-electron chi connectivity index (χ0n) is 5.53. The molecule has 1 aromatic carbocycles. The summed E-state index contributed by atoms with van der Waals surface area (Å²) < 4.78 is 0. The van der Waals surface area contributed by atoms with Crippen LogP contribution in [0.5, 0.6) is 0 Å². The van der Waals surface area contributed by atoms with Crippen LogP contribution >= 0.6 is 7.46 Å². The van der Waals surface area contributed by atoms with Crippen molar-refractivity contribution >= 4 is 13.3 Å². The van der Waals surface area contributed by atoms with Gasteiger partial charge in [0.2, 0.25) is 0 Å². The van der Waals surface area contributed by atoms with Gasteiger partial charge in [-0.2, -0.15) is 0 Å². The van der Waals surface area contributed by atoms with Gasteiger partial charge in [-0.05, 0) is 0 Å². The predicted molar refractivity (Wildman–Crippen MR) is 45.7 cm³/mol. The van der Waals surface area contributed by atoms with Crippen molar-refractivity contribution in [2.75, 3.05) is 0 Å². The Morgan fingerprint density at radius 2 is 1.90 bits per heavy atom. The molecular weight excluding hydrogens is 181 g/mol. The summed E-state index contributed by atoms with van der Waals surface area (Å²) in [5.74, 6) is 3.87. The quantitative estimate of drug-likeness (QED) is 0.675. The van der Waals surface area contributed by atoms with Crippen molar-refractivity contribution in [1.29, 1.82) is 0 Å². The second-order valence-electron chi connectivity index (χ2n) is 2.07. The Labute approximate surface area is 71.0 Å². The molecule has 0 aliphatic heterocycles. The number of hydrogen-bond donors (Lipinski definition) is 1. The smallest absolute Gasteiger partial charge is 0 e. The molecule has 0 saturated carbocycles. The molecule has 0 bridgehead atoms. The van der Waals surface area contributed by atoms with Crippen molar-refractivity contribution in [3.05, 3.63) is 30.3 Å². The van der Waals surface area contributed by atoms with Gasteiger partial charge >= 0.3 is 69.4 Å². The molecular formula is C7H11NSV. The van der Waals surface area contributed by atoms with Gasteiger partial charge in [0.05, 0.1) is 0 Å². The minimum atomic E-state index is -1.32. The van der Waals surface area contributed by atoms with Crippen LogP contribution in [-0.2, 0) is 15.7 Å². The van der Waals surface area contributed by atoms with E-state index in [0.29, 0.717) is 0 Å². The van der Waals surface area contributed by atoms with E-state index in [1.54, 1.807) is 0 Å². The Bertz CT molecular complexity index is 306. The van der Waals surface area contributed by atoms with Gasteiger partial charge < -0.3 is 0 Å². The van der Waals surface area contributed by atoms with Crippen LogP contribution in [0.3, 0.4) is 0 Å². The third kappa shape index (κ3) is 1.99. The van der Waals surface area contributed by atoms with E-state index >= 15 is 0 Å². The molecule has 0 spiro atoms. The Hall–Kier alpha value is -0.0156. The summed E-state index contributed by atoms with van der Waals surface area (Å²) in [6.45, 7) is 0. The Balaban J connectivity index is 0.000001000. The molecule has 0 saturated heterocycles. The van der Waals surface area contributed by atoms with E-state index in [9.17, 15) is 0 Å². The molecule has 1 nitrogen and oxygen atoms in total. The molecule has 3 heteroatoms. The van der Waals surface area contributed by atoms with Gasteiger partial charge in [0.25, 0.3) is 0 Å². The summed E-state index contributed by atoms with van der Waals surface area (Å²) in [6.07, 6.45) is 0. The van der Waals surface area contributed by atoms with Gasteiger partial charge in [-0.25, -0.2) is 0 Å². The predicted octanol–water partition coefficient (Wildman–Crippen LogP) is 1.86. The number of benzene rings is 1. The minimum absolute atomic E-state index is 0. The minimum Gasteiger partial charge on any atom is 0 e. The van der Waals surface area contributed by atoms with Crippen LogP contribution in [0.2, 0.25) is 0 Å². The molecule has 1 aromatic rings. The van der Waals surface area contributed by atoms with E-state index in [1.807, 2.05) is 30.3 Å². The molecule has 0 aliphatic carbocycles. The maximum atomic E-state index is 5.80. The van der Waals surface area contributed by atoms with Crippen molar-refractivity contribution < 1.29 is 17.1 Å². The standard InChI is InChI=1S/C7H9NS.V.H2/c1-9(8)7-5-3-2-4-6-7;;/h2-6H,1,8H2;;1H. The van der Waals surface area contributed by atoms with E-state index < -0.39 is 7.46 Å². The first-order valence-corrected chi connectivity index (χ1v) is 6.35. The molecule has 0 heterocycles. The van der Waals surface area contributed by atoms with E-state index in [2.05, 4.69) is 21.6 Å². The molecule has 0 fully saturated rings. The van der Waals surface area contributed by atoms with E-state index in [1.165, 1.54) is 0 Å². The Morgan fingerprint density at radius 1 is 1.40 bits per heavy atom. The Morgan fingerprint density at radius 3 is 2.20 bits per heavy atom. The second kappa shape index (κ2) is 2.93. The van der Waals surface area contributed by atoms with E-state index in [-0.39, 0.29) is 1.43 Å². The van der Waals surface area contributed by atoms with Crippen LogP contribution in [0.25, 0.3) is 0 Å². The molecule has 0 radical (unpaired) electrons. The first-order valence-electron chi connectivity index (χ1n) is 2.82.